The van der Waals surface area contributed by atoms with E-state index in [-0.39, 0.29) is 12.1 Å². The number of fused-ring (bicyclic) bond motifs is 1. The molecule has 2 N–H and O–H groups in total. The molecule has 2 heterocycles. The Kier molecular flexibility index (Phi) is 4.09. The normalized spacial score (nSPS) is 14.0. The second-order valence-corrected chi connectivity index (χ2v) is 4.93. The van der Waals surface area contributed by atoms with Crippen LogP contribution < -0.4 is 20.1 Å². The number of hydrogen-bond donors (Lipinski definition) is 2. The van der Waals surface area contributed by atoms with Crippen molar-refractivity contribution in [3.63, 3.8) is 0 Å². The smallest absolute Gasteiger partial charge is 0.319 e. The number of nitrogens with zero attached hydrogens (tertiary/aromatic N) is 1. The summed E-state index contributed by atoms with van der Waals surface area (Å²) in [6.07, 6.45) is 1.70. The Morgan fingerprint density at radius 1 is 1.18 bits per heavy atom. The number of amides is 2. The predicted octanol–water partition coefficient (Wildman–Crippen LogP) is 2.74. The van der Waals surface area contributed by atoms with Gasteiger partial charge in [-0.3, -0.25) is 4.98 Å². The molecule has 0 spiro atoms. The van der Waals surface area contributed by atoms with Gasteiger partial charge < -0.3 is 20.1 Å². The van der Waals surface area contributed by atoms with Gasteiger partial charge in [0.1, 0.15) is 13.2 Å². The van der Waals surface area contributed by atoms with Gasteiger partial charge in [0, 0.05) is 18.0 Å². The molecule has 0 saturated heterocycles. The molecule has 0 aliphatic carbocycles. The average molecular weight is 299 g/mol. The third-order valence-electron chi connectivity index (χ3n) is 3.28. The first kappa shape index (κ1) is 14.2. The van der Waals surface area contributed by atoms with Crippen LogP contribution in [0.1, 0.15) is 18.7 Å². The quantitative estimate of drug-likeness (QED) is 0.914. The fraction of sp³-hybridized carbons (Fsp3) is 0.250. The van der Waals surface area contributed by atoms with E-state index in [1.807, 2.05) is 25.1 Å². The highest BCUT2D eigenvalue weighted by molar-refractivity contribution is 5.89. The lowest BCUT2D eigenvalue weighted by Gasteiger charge is -2.19. The molecular formula is C16H17N3O3. The number of aromatic nitrogens is 1. The highest BCUT2D eigenvalue weighted by Crippen LogP contribution is 2.32. The minimum absolute atomic E-state index is 0.182. The molecule has 6 nitrogen and oxygen atoms in total. The van der Waals surface area contributed by atoms with Gasteiger partial charge in [0.25, 0.3) is 0 Å². The third-order valence-corrected chi connectivity index (χ3v) is 3.28. The van der Waals surface area contributed by atoms with E-state index >= 15 is 0 Å². The number of urea groups is 1. The van der Waals surface area contributed by atoms with E-state index in [4.69, 9.17) is 9.47 Å². The highest BCUT2D eigenvalue weighted by Gasteiger charge is 2.14. The Hall–Kier alpha value is -2.76. The molecule has 2 aromatic rings. The van der Waals surface area contributed by atoms with Gasteiger partial charge in [-0.05, 0) is 31.2 Å². The first-order valence-electron chi connectivity index (χ1n) is 7.10. The highest BCUT2D eigenvalue weighted by atomic mass is 16.6. The summed E-state index contributed by atoms with van der Waals surface area (Å²) in [5.74, 6) is 1.33. The largest absolute Gasteiger partial charge is 0.486 e. The lowest BCUT2D eigenvalue weighted by molar-refractivity contribution is 0.171. The first-order valence-corrected chi connectivity index (χ1v) is 7.10. The van der Waals surface area contributed by atoms with Gasteiger partial charge in [0.05, 0.1) is 11.7 Å². The van der Waals surface area contributed by atoms with Gasteiger partial charge in [-0.25, -0.2) is 4.79 Å². The lowest BCUT2D eigenvalue weighted by atomic mass is 10.2. The summed E-state index contributed by atoms with van der Waals surface area (Å²) in [4.78, 5) is 16.3. The number of carbonyl (C=O) groups excluding carboxylic acids is 1. The SMILES string of the molecule is C[C@@H](NC(=O)Nc1ccc2c(c1)OCCO2)c1ccccn1. The van der Waals surface area contributed by atoms with Crippen LogP contribution in [0.5, 0.6) is 11.5 Å². The molecule has 0 radical (unpaired) electrons. The Labute approximate surface area is 128 Å². The van der Waals surface area contributed by atoms with Crippen molar-refractivity contribution in [2.75, 3.05) is 18.5 Å². The summed E-state index contributed by atoms with van der Waals surface area (Å²) < 4.78 is 10.9. The van der Waals surface area contributed by atoms with Gasteiger partial charge in [0.2, 0.25) is 0 Å². The Morgan fingerprint density at radius 3 is 2.77 bits per heavy atom. The summed E-state index contributed by atoms with van der Waals surface area (Å²) in [5.41, 5.74) is 1.45. The molecule has 2 amide bonds. The molecule has 1 aliphatic heterocycles. The van der Waals surface area contributed by atoms with Crippen LogP contribution in [0.25, 0.3) is 0 Å². The molecular weight excluding hydrogens is 282 g/mol. The molecule has 1 aromatic heterocycles. The molecule has 0 fully saturated rings. The van der Waals surface area contributed by atoms with Crippen LogP contribution in [-0.2, 0) is 0 Å². The second kappa shape index (κ2) is 6.34. The van der Waals surface area contributed by atoms with Gasteiger partial charge in [0.15, 0.2) is 11.5 Å². The third kappa shape index (κ3) is 3.28. The van der Waals surface area contributed by atoms with E-state index in [0.29, 0.717) is 30.4 Å². The molecule has 114 valence electrons. The van der Waals surface area contributed by atoms with Crippen LogP contribution in [0.4, 0.5) is 10.5 Å². The maximum absolute atomic E-state index is 12.0. The number of pyridine rings is 1. The zero-order valence-corrected chi connectivity index (χ0v) is 12.2. The predicted molar refractivity (Wildman–Crippen MR) is 82.2 cm³/mol. The van der Waals surface area contributed by atoms with Crippen molar-refractivity contribution < 1.29 is 14.3 Å². The molecule has 1 atom stereocenters. The minimum atomic E-state index is -0.296. The summed E-state index contributed by atoms with van der Waals surface area (Å²) in [6, 6.07) is 10.4. The van der Waals surface area contributed by atoms with E-state index in [1.165, 1.54) is 0 Å². The molecule has 6 heteroatoms. The molecule has 0 bridgehead atoms. The van der Waals surface area contributed by atoms with Crippen molar-refractivity contribution in [3.05, 3.63) is 48.3 Å². The minimum Gasteiger partial charge on any atom is -0.486 e. The topological polar surface area (TPSA) is 72.5 Å². The van der Waals surface area contributed by atoms with Crippen molar-refractivity contribution >= 4 is 11.7 Å². The van der Waals surface area contributed by atoms with Crippen molar-refractivity contribution in [2.45, 2.75) is 13.0 Å². The van der Waals surface area contributed by atoms with Crippen LogP contribution in [0, 0.1) is 0 Å². The summed E-state index contributed by atoms with van der Waals surface area (Å²) in [5, 5.41) is 5.62. The number of rotatable bonds is 3. The number of benzene rings is 1. The molecule has 0 saturated carbocycles. The molecule has 1 aromatic carbocycles. The van der Waals surface area contributed by atoms with E-state index in [0.717, 1.165) is 5.69 Å². The van der Waals surface area contributed by atoms with Crippen LogP contribution in [0.2, 0.25) is 0 Å². The summed E-state index contributed by atoms with van der Waals surface area (Å²) in [7, 11) is 0. The van der Waals surface area contributed by atoms with Crippen LogP contribution in [0.15, 0.2) is 42.6 Å². The molecule has 3 rings (SSSR count). The van der Waals surface area contributed by atoms with Crippen molar-refractivity contribution in [1.82, 2.24) is 10.3 Å². The standard InChI is InChI=1S/C16H17N3O3/c1-11(13-4-2-3-7-17-13)18-16(20)19-12-5-6-14-15(10-12)22-9-8-21-14/h2-7,10-11H,8-9H2,1H3,(H2,18,19,20)/t11-/m1/s1. The molecule has 22 heavy (non-hydrogen) atoms. The first-order chi connectivity index (χ1) is 10.7. The number of hydrogen-bond acceptors (Lipinski definition) is 4. The fourth-order valence-corrected chi connectivity index (χ4v) is 2.19. The van der Waals surface area contributed by atoms with Gasteiger partial charge in [-0.15, -0.1) is 0 Å². The van der Waals surface area contributed by atoms with E-state index < -0.39 is 0 Å². The molecule has 1 aliphatic rings. The average Bonchev–Trinajstić information content (AvgIpc) is 2.55. The van der Waals surface area contributed by atoms with E-state index in [9.17, 15) is 4.79 Å². The van der Waals surface area contributed by atoms with Crippen molar-refractivity contribution in [2.24, 2.45) is 0 Å². The van der Waals surface area contributed by atoms with Crippen molar-refractivity contribution in [3.8, 4) is 11.5 Å². The van der Waals surface area contributed by atoms with Crippen LogP contribution in [0.3, 0.4) is 0 Å². The Morgan fingerprint density at radius 2 is 2.00 bits per heavy atom. The van der Waals surface area contributed by atoms with E-state index in [2.05, 4.69) is 15.6 Å². The van der Waals surface area contributed by atoms with Gasteiger partial charge >= 0.3 is 6.03 Å². The van der Waals surface area contributed by atoms with Gasteiger partial charge in [-0.1, -0.05) is 6.07 Å². The zero-order valence-electron chi connectivity index (χ0n) is 12.2. The number of ether oxygens (including phenoxy) is 2. The van der Waals surface area contributed by atoms with Crippen LogP contribution in [-0.4, -0.2) is 24.2 Å². The monoisotopic (exact) mass is 299 g/mol. The summed E-state index contributed by atoms with van der Waals surface area (Å²) >= 11 is 0. The Bertz CT molecular complexity index is 661. The number of anilines is 1. The number of nitrogens with one attached hydrogen (secondary N) is 2. The lowest BCUT2D eigenvalue weighted by Crippen LogP contribution is -2.31. The molecule has 0 unspecified atom stereocenters. The van der Waals surface area contributed by atoms with Gasteiger partial charge in [-0.2, -0.15) is 0 Å². The summed E-state index contributed by atoms with van der Waals surface area (Å²) in [6.45, 7) is 2.94. The Balaban J connectivity index is 1.62. The zero-order chi connectivity index (χ0) is 15.4. The van der Waals surface area contributed by atoms with E-state index in [1.54, 1.807) is 24.4 Å². The maximum Gasteiger partial charge on any atom is 0.319 e. The second-order valence-electron chi connectivity index (χ2n) is 4.93. The fourth-order valence-electron chi connectivity index (χ4n) is 2.19. The number of carbonyl (C=O) groups is 1. The van der Waals surface area contributed by atoms with Crippen molar-refractivity contribution in [1.29, 1.82) is 0 Å². The maximum atomic E-state index is 12.0. The van der Waals surface area contributed by atoms with Crippen LogP contribution >= 0.6 is 0 Å².